The van der Waals surface area contributed by atoms with Crippen molar-refractivity contribution in [2.24, 2.45) is 0 Å². The molecule has 1 fully saturated rings. The fraction of sp³-hybridized carbons (Fsp3) is 0.458. The molecule has 1 aliphatic rings. The maximum atomic E-state index is 13.1. The van der Waals surface area contributed by atoms with E-state index in [-0.39, 0.29) is 17.2 Å². The molecule has 0 saturated carbocycles. The van der Waals surface area contributed by atoms with Crippen molar-refractivity contribution in [3.05, 3.63) is 45.1 Å². The largest absolute Gasteiger partial charge is 0.383 e. The Hall–Kier alpha value is -2.36. The molecule has 0 atom stereocenters. The lowest BCUT2D eigenvalue weighted by Gasteiger charge is -2.28. The van der Waals surface area contributed by atoms with Gasteiger partial charge in [-0.1, -0.05) is 11.8 Å². The maximum Gasteiger partial charge on any atom is 0.263 e. The number of anilines is 2. The van der Waals surface area contributed by atoms with Crippen LogP contribution in [-0.2, 0) is 16.1 Å². The molecule has 9 heteroatoms. The van der Waals surface area contributed by atoms with E-state index >= 15 is 0 Å². The van der Waals surface area contributed by atoms with Crippen molar-refractivity contribution in [2.75, 3.05) is 42.8 Å². The van der Waals surface area contributed by atoms with Crippen LogP contribution in [0.15, 0.2) is 34.2 Å². The zero-order valence-electron chi connectivity index (χ0n) is 19.3. The van der Waals surface area contributed by atoms with Gasteiger partial charge in [-0.3, -0.25) is 14.2 Å². The number of hydrogen-bond acceptors (Lipinski definition) is 7. The molecule has 1 saturated heterocycles. The molecule has 1 aromatic carbocycles. The molecule has 0 radical (unpaired) electrons. The first-order valence-electron chi connectivity index (χ1n) is 11.2. The van der Waals surface area contributed by atoms with Crippen molar-refractivity contribution in [1.29, 1.82) is 0 Å². The third-order valence-electron chi connectivity index (χ3n) is 5.98. The predicted molar refractivity (Wildman–Crippen MR) is 137 cm³/mol. The quantitative estimate of drug-likeness (QED) is 0.375. The molecular formula is C24H30N4O3S2. The third kappa shape index (κ3) is 5.42. The number of carbonyl (C=O) groups is 1. The van der Waals surface area contributed by atoms with Gasteiger partial charge in [-0.05, 0) is 62.9 Å². The Kier molecular flexibility index (Phi) is 7.72. The topological polar surface area (TPSA) is 76.5 Å². The summed E-state index contributed by atoms with van der Waals surface area (Å²) in [5.74, 6) is 0.0409. The molecule has 1 aliphatic heterocycles. The van der Waals surface area contributed by atoms with E-state index in [0.29, 0.717) is 23.7 Å². The van der Waals surface area contributed by atoms with Crippen molar-refractivity contribution in [3.8, 4) is 0 Å². The lowest BCUT2D eigenvalue weighted by atomic mass is 10.1. The summed E-state index contributed by atoms with van der Waals surface area (Å²) in [7, 11) is 1.60. The molecule has 176 valence electrons. The number of piperidine rings is 1. The van der Waals surface area contributed by atoms with E-state index in [0.717, 1.165) is 34.0 Å². The zero-order chi connectivity index (χ0) is 23.4. The van der Waals surface area contributed by atoms with Gasteiger partial charge in [0.2, 0.25) is 5.91 Å². The fourth-order valence-corrected chi connectivity index (χ4v) is 5.93. The van der Waals surface area contributed by atoms with Crippen LogP contribution >= 0.6 is 23.1 Å². The Morgan fingerprint density at radius 3 is 2.61 bits per heavy atom. The predicted octanol–water partition coefficient (Wildman–Crippen LogP) is 4.44. The maximum absolute atomic E-state index is 13.1. The molecule has 0 aliphatic carbocycles. The second-order valence-electron chi connectivity index (χ2n) is 8.24. The van der Waals surface area contributed by atoms with E-state index < -0.39 is 0 Å². The van der Waals surface area contributed by atoms with Gasteiger partial charge in [0.15, 0.2) is 5.16 Å². The average Bonchev–Trinajstić information content (AvgIpc) is 3.11. The van der Waals surface area contributed by atoms with Crippen LogP contribution in [0.25, 0.3) is 10.2 Å². The molecule has 1 amide bonds. The Bertz CT molecular complexity index is 1180. The van der Waals surface area contributed by atoms with Crippen molar-refractivity contribution < 1.29 is 9.53 Å². The molecule has 2 aromatic heterocycles. The van der Waals surface area contributed by atoms with E-state index in [1.807, 2.05) is 26.0 Å². The van der Waals surface area contributed by atoms with Crippen LogP contribution in [0, 0.1) is 13.8 Å². The number of nitrogens with zero attached hydrogens (tertiary/aromatic N) is 3. The Labute approximate surface area is 202 Å². The molecule has 0 unspecified atom stereocenters. The van der Waals surface area contributed by atoms with Crippen LogP contribution in [0.3, 0.4) is 0 Å². The molecule has 3 aromatic rings. The standard InChI is InChI=1S/C24H30N4O3S2/c1-16-17(2)33-22-21(16)23(30)28(13-14-31-3)24(26-22)32-15-20(29)25-18-7-9-19(10-8-18)27-11-5-4-6-12-27/h7-10H,4-6,11-15H2,1-3H3,(H,25,29). The number of aryl methyl sites for hydroxylation is 2. The highest BCUT2D eigenvalue weighted by Gasteiger charge is 2.18. The van der Waals surface area contributed by atoms with E-state index in [9.17, 15) is 9.59 Å². The van der Waals surface area contributed by atoms with Crippen LogP contribution < -0.4 is 15.8 Å². The van der Waals surface area contributed by atoms with Gasteiger partial charge in [0, 0.05) is 36.5 Å². The number of methoxy groups -OCH3 is 1. The third-order valence-corrected chi connectivity index (χ3v) is 8.06. The molecular weight excluding hydrogens is 456 g/mol. The molecule has 0 bridgehead atoms. The normalized spacial score (nSPS) is 14.1. The second-order valence-corrected chi connectivity index (χ2v) is 10.4. The number of thiophene rings is 1. The fourth-order valence-electron chi connectivity index (χ4n) is 4.03. The summed E-state index contributed by atoms with van der Waals surface area (Å²) in [6.45, 7) is 6.93. The minimum absolute atomic E-state index is 0.0740. The summed E-state index contributed by atoms with van der Waals surface area (Å²) in [5.41, 5.74) is 2.87. The first-order valence-corrected chi connectivity index (χ1v) is 13.0. The highest BCUT2D eigenvalue weighted by molar-refractivity contribution is 7.99. The number of hydrogen-bond donors (Lipinski definition) is 1. The number of thioether (sulfide) groups is 1. The van der Waals surface area contributed by atoms with Gasteiger partial charge in [0.05, 0.1) is 24.3 Å². The van der Waals surface area contributed by atoms with E-state index in [1.165, 1.54) is 48.0 Å². The Morgan fingerprint density at radius 2 is 1.91 bits per heavy atom. The number of ether oxygens (including phenoxy) is 1. The zero-order valence-corrected chi connectivity index (χ0v) is 21.0. The van der Waals surface area contributed by atoms with E-state index in [1.54, 1.807) is 11.7 Å². The van der Waals surface area contributed by atoms with Gasteiger partial charge >= 0.3 is 0 Å². The van der Waals surface area contributed by atoms with Crippen LogP contribution in [0.2, 0.25) is 0 Å². The smallest absolute Gasteiger partial charge is 0.263 e. The number of amides is 1. The summed E-state index contributed by atoms with van der Waals surface area (Å²) in [6, 6.07) is 8.02. The molecule has 1 N–H and O–H groups in total. The van der Waals surface area contributed by atoms with Crippen molar-refractivity contribution in [1.82, 2.24) is 9.55 Å². The van der Waals surface area contributed by atoms with Crippen molar-refractivity contribution in [2.45, 2.75) is 44.8 Å². The van der Waals surface area contributed by atoms with Gasteiger partial charge in [-0.2, -0.15) is 0 Å². The summed E-state index contributed by atoms with van der Waals surface area (Å²) >= 11 is 2.79. The van der Waals surface area contributed by atoms with Crippen molar-refractivity contribution in [3.63, 3.8) is 0 Å². The average molecular weight is 487 g/mol. The number of aromatic nitrogens is 2. The van der Waals surface area contributed by atoms with Crippen molar-refractivity contribution >= 4 is 50.6 Å². The highest BCUT2D eigenvalue weighted by Crippen LogP contribution is 2.28. The van der Waals surface area contributed by atoms with Gasteiger partial charge < -0.3 is 15.0 Å². The minimum Gasteiger partial charge on any atom is -0.383 e. The summed E-state index contributed by atoms with van der Waals surface area (Å²) < 4.78 is 6.81. The molecule has 4 rings (SSSR count). The van der Waals surface area contributed by atoms with Crippen LogP contribution in [0.5, 0.6) is 0 Å². The summed E-state index contributed by atoms with van der Waals surface area (Å²) in [4.78, 5) is 34.7. The van der Waals surface area contributed by atoms with E-state index in [2.05, 4.69) is 22.3 Å². The van der Waals surface area contributed by atoms with Crippen LogP contribution in [0.1, 0.15) is 29.7 Å². The lowest BCUT2D eigenvalue weighted by Crippen LogP contribution is -2.29. The van der Waals surface area contributed by atoms with E-state index in [4.69, 9.17) is 9.72 Å². The van der Waals surface area contributed by atoms with Crippen LogP contribution in [0.4, 0.5) is 11.4 Å². The Morgan fingerprint density at radius 1 is 1.18 bits per heavy atom. The van der Waals surface area contributed by atoms with Gasteiger partial charge in [0.25, 0.3) is 5.56 Å². The summed E-state index contributed by atoms with van der Waals surface area (Å²) in [5, 5.41) is 4.16. The highest BCUT2D eigenvalue weighted by atomic mass is 32.2. The van der Waals surface area contributed by atoms with Gasteiger partial charge in [-0.15, -0.1) is 11.3 Å². The molecule has 7 nitrogen and oxygen atoms in total. The number of nitrogens with one attached hydrogen (secondary N) is 1. The number of fused-ring (bicyclic) bond motifs is 1. The second kappa shape index (κ2) is 10.7. The van der Waals surface area contributed by atoms with Crippen LogP contribution in [-0.4, -0.2) is 48.0 Å². The first-order chi connectivity index (χ1) is 16.0. The number of carbonyl (C=O) groups excluding carboxylic acids is 1. The first kappa shape index (κ1) is 23.8. The lowest BCUT2D eigenvalue weighted by molar-refractivity contribution is -0.113. The SMILES string of the molecule is COCCn1c(SCC(=O)Nc2ccc(N3CCCCC3)cc2)nc2sc(C)c(C)c2c1=O. The monoisotopic (exact) mass is 486 g/mol. The number of rotatable bonds is 8. The molecule has 3 heterocycles. The Balaban J connectivity index is 1.45. The minimum atomic E-state index is -0.128. The van der Waals surface area contributed by atoms with Gasteiger partial charge in [-0.25, -0.2) is 4.98 Å². The van der Waals surface area contributed by atoms with Gasteiger partial charge in [0.1, 0.15) is 4.83 Å². The summed E-state index contributed by atoms with van der Waals surface area (Å²) in [6.07, 6.45) is 3.76. The molecule has 33 heavy (non-hydrogen) atoms. The molecule has 0 spiro atoms. The number of benzene rings is 1.